The van der Waals surface area contributed by atoms with Crippen LogP contribution in [0.15, 0.2) is 0 Å². The zero-order chi connectivity index (χ0) is 6.78. The lowest BCUT2D eigenvalue weighted by atomic mass is 10.3. The molecule has 50 valence electrons. The third-order valence-corrected chi connectivity index (χ3v) is 0.976. The van der Waals surface area contributed by atoms with Crippen LogP contribution in [0.5, 0.6) is 0 Å². The monoisotopic (exact) mass is 178 g/mol. The summed E-state index contributed by atoms with van der Waals surface area (Å²) in [6.07, 6.45) is -0.0440. The van der Waals surface area contributed by atoms with Crippen LogP contribution in [0, 0.1) is 0 Å². The second kappa shape index (κ2) is 3.09. The van der Waals surface area contributed by atoms with Crippen LogP contribution in [0.25, 0.3) is 0 Å². The molecule has 1 atom stereocenters. The summed E-state index contributed by atoms with van der Waals surface area (Å²) in [5.74, 6) is 0. The van der Waals surface area contributed by atoms with Crippen molar-refractivity contribution in [2.24, 2.45) is 0 Å². The van der Waals surface area contributed by atoms with Crippen LogP contribution >= 0.6 is 34.8 Å². The Morgan fingerprint density at radius 1 is 1.62 bits per heavy atom. The highest BCUT2D eigenvalue weighted by molar-refractivity contribution is 6.47. The molecule has 0 amide bonds. The molecule has 0 aliphatic carbocycles. The van der Waals surface area contributed by atoms with Gasteiger partial charge in [0.25, 0.3) is 4.59 Å². The molecule has 0 aliphatic heterocycles. The lowest BCUT2D eigenvalue weighted by Gasteiger charge is -2.08. The molecule has 0 heterocycles. The number of hydrogen-bond acceptors (Lipinski definition) is 0. The molecule has 0 aromatic rings. The van der Waals surface area contributed by atoms with E-state index in [2.05, 4.69) is 0 Å². The van der Waals surface area contributed by atoms with Crippen LogP contribution in [0.1, 0.15) is 13.3 Å². The maximum Gasteiger partial charge on any atom is 0.258 e. The molecule has 0 aromatic heterocycles. The molecule has 0 aliphatic rings. The van der Waals surface area contributed by atoms with Gasteiger partial charge in [0.1, 0.15) is 0 Å². The Morgan fingerprint density at radius 2 is 2.00 bits per heavy atom. The first-order valence-corrected chi connectivity index (χ1v) is 3.32. The molecule has 8 heavy (non-hydrogen) atoms. The van der Waals surface area contributed by atoms with Crippen LogP contribution < -0.4 is 0 Å². The summed E-state index contributed by atoms with van der Waals surface area (Å²) in [5.41, 5.74) is 0. The molecule has 0 spiro atoms. The predicted molar refractivity (Wildman–Crippen MR) is 35.5 cm³/mol. The predicted octanol–water partition coefficient (Wildman–Crippen LogP) is 3.10. The van der Waals surface area contributed by atoms with E-state index in [0.29, 0.717) is 0 Å². The highest BCUT2D eigenvalue weighted by atomic mass is 35.5. The lowest BCUT2D eigenvalue weighted by molar-refractivity contribution is 0.370. The highest BCUT2D eigenvalue weighted by Gasteiger charge is 2.23. The van der Waals surface area contributed by atoms with Gasteiger partial charge in [0, 0.05) is 11.8 Å². The molecule has 0 radical (unpaired) electrons. The van der Waals surface area contributed by atoms with E-state index in [1.54, 1.807) is 6.92 Å². The van der Waals surface area contributed by atoms with E-state index in [4.69, 9.17) is 34.8 Å². The summed E-state index contributed by atoms with van der Waals surface area (Å²) < 4.78 is 9.92. The molecular formula is C4H6Cl3F. The van der Waals surface area contributed by atoms with Gasteiger partial charge in [-0.15, -0.1) is 11.6 Å². The van der Waals surface area contributed by atoms with Crippen molar-refractivity contribution in [3.8, 4) is 0 Å². The fraction of sp³-hybridized carbons (Fsp3) is 1.00. The minimum absolute atomic E-state index is 0.0440. The molecule has 0 fully saturated rings. The van der Waals surface area contributed by atoms with Gasteiger partial charge in [-0.3, -0.25) is 0 Å². The first-order chi connectivity index (χ1) is 3.42. The first-order valence-electron chi connectivity index (χ1n) is 2.12. The lowest BCUT2D eigenvalue weighted by Crippen LogP contribution is -2.09. The number of halogens is 4. The quantitative estimate of drug-likeness (QED) is 0.572. The van der Waals surface area contributed by atoms with Gasteiger partial charge in [0.15, 0.2) is 0 Å². The summed E-state index contributed by atoms with van der Waals surface area (Å²) in [5, 5.41) is -0.324. The Kier molecular flexibility index (Phi) is 3.40. The van der Waals surface area contributed by atoms with E-state index in [1.165, 1.54) is 0 Å². The topological polar surface area (TPSA) is 0 Å². The fourth-order valence-electron chi connectivity index (χ4n) is 0.319. The minimum atomic E-state index is -2.17. The number of rotatable bonds is 2. The van der Waals surface area contributed by atoms with Gasteiger partial charge in [-0.25, -0.2) is 4.39 Å². The SMILES string of the molecule is CC(Cl)CC(F)(Cl)Cl. The largest absolute Gasteiger partial charge is 0.258 e. The molecule has 4 heteroatoms. The maximum absolute atomic E-state index is 12.1. The molecule has 0 saturated carbocycles. The standard InChI is InChI=1S/C4H6Cl3F/c1-3(5)2-4(6,7)8/h3H,2H2,1H3. The van der Waals surface area contributed by atoms with E-state index in [0.717, 1.165) is 0 Å². The Morgan fingerprint density at radius 3 is 2.00 bits per heavy atom. The van der Waals surface area contributed by atoms with Gasteiger partial charge in [-0.2, -0.15) is 0 Å². The van der Waals surface area contributed by atoms with Crippen molar-refractivity contribution in [1.82, 2.24) is 0 Å². The summed E-state index contributed by atoms with van der Waals surface area (Å²) >= 11 is 15.2. The van der Waals surface area contributed by atoms with Crippen LogP contribution in [0.2, 0.25) is 0 Å². The third-order valence-electron chi connectivity index (χ3n) is 0.513. The molecule has 0 bridgehead atoms. The molecule has 0 N–H and O–H groups in total. The smallest absolute Gasteiger partial charge is 0.208 e. The zero-order valence-electron chi connectivity index (χ0n) is 4.30. The third kappa shape index (κ3) is 6.80. The maximum atomic E-state index is 12.1. The van der Waals surface area contributed by atoms with Crippen molar-refractivity contribution in [3.63, 3.8) is 0 Å². The molecule has 1 unspecified atom stereocenters. The second-order valence-corrected chi connectivity index (χ2v) is 3.74. The van der Waals surface area contributed by atoms with Crippen molar-refractivity contribution in [3.05, 3.63) is 0 Å². The van der Waals surface area contributed by atoms with Gasteiger partial charge >= 0.3 is 0 Å². The molecule has 0 rings (SSSR count). The second-order valence-electron chi connectivity index (χ2n) is 1.60. The van der Waals surface area contributed by atoms with Crippen molar-refractivity contribution < 1.29 is 4.39 Å². The number of alkyl halides is 4. The van der Waals surface area contributed by atoms with Gasteiger partial charge in [-0.1, -0.05) is 23.2 Å². The zero-order valence-corrected chi connectivity index (χ0v) is 6.56. The van der Waals surface area contributed by atoms with Crippen LogP contribution in [0.4, 0.5) is 4.39 Å². The Balaban J connectivity index is 3.39. The summed E-state index contributed by atoms with van der Waals surface area (Å²) in [6, 6.07) is 0. The molecule has 0 saturated heterocycles. The van der Waals surface area contributed by atoms with Crippen molar-refractivity contribution in [2.75, 3.05) is 0 Å². The highest BCUT2D eigenvalue weighted by Crippen LogP contribution is 2.29. The van der Waals surface area contributed by atoms with Crippen molar-refractivity contribution in [1.29, 1.82) is 0 Å². The summed E-state index contributed by atoms with van der Waals surface area (Å²) in [4.78, 5) is 0. The van der Waals surface area contributed by atoms with Gasteiger partial charge in [0.2, 0.25) is 0 Å². The number of hydrogen-bond donors (Lipinski definition) is 0. The van der Waals surface area contributed by atoms with E-state index in [1.807, 2.05) is 0 Å². The Hall–Kier alpha value is 0.800. The van der Waals surface area contributed by atoms with Gasteiger partial charge in [0.05, 0.1) is 0 Å². The molecule has 0 aromatic carbocycles. The molecular weight excluding hydrogens is 173 g/mol. The van der Waals surface area contributed by atoms with E-state index < -0.39 is 4.59 Å². The van der Waals surface area contributed by atoms with Gasteiger partial charge < -0.3 is 0 Å². The minimum Gasteiger partial charge on any atom is -0.208 e. The van der Waals surface area contributed by atoms with Crippen molar-refractivity contribution in [2.45, 2.75) is 23.3 Å². The first kappa shape index (κ1) is 8.80. The van der Waals surface area contributed by atoms with Crippen molar-refractivity contribution >= 4 is 34.8 Å². The van der Waals surface area contributed by atoms with E-state index in [9.17, 15) is 4.39 Å². The summed E-state index contributed by atoms with van der Waals surface area (Å²) in [6.45, 7) is 1.63. The van der Waals surface area contributed by atoms with Crippen LogP contribution in [-0.2, 0) is 0 Å². The average Bonchev–Trinajstić information content (AvgIpc) is 1.21. The van der Waals surface area contributed by atoms with Crippen LogP contribution in [0.3, 0.4) is 0 Å². The average molecular weight is 179 g/mol. The Bertz CT molecular complexity index is 66.2. The van der Waals surface area contributed by atoms with E-state index >= 15 is 0 Å². The van der Waals surface area contributed by atoms with E-state index in [-0.39, 0.29) is 11.8 Å². The fourth-order valence-corrected chi connectivity index (χ4v) is 1.15. The Labute approximate surface area is 62.9 Å². The molecule has 0 nitrogen and oxygen atoms in total. The van der Waals surface area contributed by atoms with Gasteiger partial charge in [-0.05, 0) is 6.92 Å². The summed E-state index contributed by atoms with van der Waals surface area (Å²) in [7, 11) is 0. The van der Waals surface area contributed by atoms with Crippen LogP contribution in [-0.4, -0.2) is 9.96 Å². The normalized spacial score (nSPS) is 16.1.